The van der Waals surface area contributed by atoms with Crippen LogP contribution in [0.15, 0.2) is 48.5 Å². The molecule has 0 aliphatic carbocycles. The van der Waals surface area contributed by atoms with E-state index in [2.05, 4.69) is 16.5 Å². The Hall–Kier alpha value is -3.30. The molecule has 160 valence electrons. The summed E-state index contributed by atoms with van der Waals surface area (Å²) < 4.78 is 7.61. The predicted molar refractivity (Wildman–Crippen MR) is 121 cm³/mol. The molecule has 0 spiro atoms. The molecule has 0 fully saturated rings. The van der Waals surface area contributed by atoms with Crippen molar-refractivity contribution >= 4 is 23.2 Å². The number of ether oxygens (including phenoxy) is 1. The first-order chi connectivity index (χ1) is 15.0. The molecule has 31 heavy (non-hydrogen) atoms. The minimum absolute atomic E-state index is 0.0617. The van der Waals surface area contributed by atoms with Crippen molar-refractivity contribution in [2.24, 2.45) is 0 Å². The molecule has 0 atom stereocenters. The molecule has 1 amide bonds. The van der Waals surface area contributed by atoms with E-state index in [1.165, 1.54) is 0 Å². The number of aryl methyl sites for hydroxylation is 2. The van der Waals surface area contributed by atoms with E-state index in [9.17, 15) is 4.79 Å². The zero-order valence-electron chi connectivity index (χ0n) is 17.7. The van der Waals surface area contributed by atoms with Gasteiger partial charge in [-0.3, -0.25) is 9.48 Å². The number of aromatic nitrogens is 2. The minimum atomic E-state index is -0.0617. The Balaban J connectivity index is 1.50. The molecule has 0 saturated heterocycles. The summed E-state index contributed by atoms with van der Waals surface area (Å²) in [6.07, 6.45) is 1.38. The number of hydrogen-bond donors (Lipinski definition) is 1. The van der Waals surface area contributed by atoms with Gasteiger partial charge in [0.25, 0.3) is 0 Å². The second-order valence-corrected chi connectivity index (χ2v) is 7.64. The first kappa shape index (κ1) is 22.4. The van der Waals surface area contributed by atoms with Gasteiger partial charge in [0.2, 0.25) is 5.91 Å². The van der Waals surface area contributed by atoms with E-state index in [0.717, 1.165) is 22.5 Å². The Kier molecular flexibility index (Phi) is 7.69. The van der Waals surface area contributed by atoms with Crippen LogP contribution < -0.4 is 10.1 Å². The van der Waals surface area contributed by atoms with Crippen LogP contribution in [0.5, 0.6) is 5.75 Å². The minimum Gasteiger partial charge on any atom is -0.489 e. The Labute approximate surface area is 187 Å². The summed E-state index contributed by atoms with van der Waals surface area (Å²) >= 11 is 6.14. The number of benzene rings is 2. The first-order valence-corrected chi connectivity index (χ1v) is 10.5. The van der Waals surface area contributed by atoms with Gasteiger partial charge in [-0.2, -0.15) is 10.4 Å². The molecular weight excluding hydrogens is 412 g/mol. The Bertz CT molecular complexity index is 1080. The average molecular weight is 437 g/mol. The predicted octanol–water partition coefficient (Wildman–Crippen LogP) is 5.22. The largest absolute Gasteiger partial charge is 0.489 e. The average Bonchev–Trinajstić information content (AvgIpc) is 3.03. The van der Waals surface area contributed by atoms with Gasteiger partial charge in [0.15, 0.2) is 0 Å². The van der Waals surface area contributed by atoms with Gasteiger partial charge in [-0.25, -0.2) is 0 Å². The number of rotatable bonds is 9. The van der Waals surface area contributed by atoms with Gasteiger partial charge in [-0.05, 0) is 56.2 Å². The van der Waals surface area contributed by atoms with Crippen LogP contribution in [0, 0.1) is 25.2 Å². The van der Waals surface area contributed by atoms with Gasteiger partial charge in [0.05, 0.1) is 24.7 Å². The fourth-order valence-electron chi connectivity index (χ4n) is 3.34. The maximum absolute atomic E-state index is 12.4. The van der Waals surface area contributed by atoms with Gasteiger partial charge in [0, 0.05) is 28.4 Å². The summed E-state index contributed by atoms with van der Waals surface area (Å²) in [6.45, 7) is 4.86. The molecule has 6 nitrogen and oxygen atoms in total. The van der Waals surface area contributed by atoms with Crippen LogP contribution in [0.4, 0.5) is 5.69 Å². The molecule has 0 radical (unpaired) electrons. The molecule has 2 aromatic carbocycles. The maximum atomic E-state index is 12.4. The summed E-state index contributed by atoms with van der Waals surface area (Å²) in [6, 6.07) is 17.0. The van der Waals surface area contributed by atoms with Crippen LogP contribution in [-0.4, -0.2) is 15.7 Å². The summed E-state index contributed by atoms with van der Waals surface area (Å²) in [5, 5.41) is 16.8. The molecule has 1 aromatic heterocycles. The van der Waals surface area contributed by atoms with E-state index >= 15 is 0 Å². The van der Waals surface area contributed by atoms with Crippen molar-refractivity contribution in [2.45, 2.75) is 46.3 Å². The molecular formula is C24H25ClN4O2. The number of nitriles is 1. The summed E-state index contributed by atoms with van der Waals surface area (Å²) in [5.41, 5.74) is 4.62. The quantitative estimate of drug-likeness (QED) is 0.498. The van der Waals surface area contributed by atoms with Crippen LogP contribution in [0.25, 0.3) is 0 Å². The SMILES string of the molecule is Cc1nn(CCC#N)c(C)c1CCC(=O)Nc1ccc(OCc2ccccc2Cl)cc1. The molecule has 0 saturated carbocycles. The van der Waals surface area contributed by atoms with Gasteiger partial charge in [-0.15, -0.1) is 0 Å². The lowest BCUT2D eigenvalue weighted by Gasteiger charge is -2.09. The van der Waals surface area contributed by atoms with Crippen molar-refractivity contribution in [1.82, 2.24) is 9.78 Å². The highest BCUT2D eigenvalue weighted by molar-refractivity contribution is 6.31. The normalized spacial score (nSPS) is 10.5. The Morgan fingerprint density at radius 2 is 1.94 bits per heavy atom. The van der Waals surface area contributed by atoms with E-state index in [4.69, 9.17) is 21.6 Å². The number of nitrogens with one attached hydrogen (secondary N) is 1. The first-order valence-electron chi connectivity index (χ1n) is 10.1. The van der Waals surface area contributed by atoms with Crippen LogP contribution in [0.1, 0.15) is 35.4 Å². The molecule has 3 aromatic rings. The molecule has 7 heteroatoms. The van der Waals surface area contributed by atoms with Crippen molar-refractivity contribution in [3.05, 3.63) is 76.1 Å². The van der Waals surface area contributed by atoms with Gasteiger partial charge in [-0.1, -0.05) is 29.8 Å². The van der Waals surface area contributed by atoms with E-state index in [1.807, 2.05) is 67.1 Å². The van der Waals surface area contributed by atoms with Crippen molar-refractivity contribution in [3.8, 4) is 11.8 Å². The number of nitrogens with zero attached hydrogens (tertiary/aromatic N) is 3. The third kappa shape index (κ3) is 6.09. The summed E-state index contributed by atoms with van der Waals surface area (Å²) in [7, 11) is 0. The number of amides is 1. The van der Waals surface area contributed by atoms with Crippen LogP contribution in [0.2, 0.25) is 5.02 Å². The summed E-state index contributed by atoms with van der Waals surface area (Å²) in [5.74, 6) is 0.641. The lowest BCUT2D eigenvalue weighted by atomic mass is 10.1. The standard InChI is InChI=1S/C24H25ClN4O2/c1-17-22(18(2)29(28-17)15-5-14-26)12-13-24(30)27-20-8-10-21(11-9-20)31-16-19-6-3-4-7-23(19)25/h3-4,6-11H,5,12-13,15-16H2,1-2H3,(H,27,30). The number of carbonyl (C=O) groups is 1. The smallest absolute Gasteiger partial charge is 0.224 e. The second-order valence-electron chi connectivity index (χ2n) is 7.23. The van der Waals surface area contributed by atoms with Gasteiger partial charge >= 0.3 is 0 Å². The van der Waals surface area contributed by atoms with Crippen molar-refractivity contribution in [1.29, 1.82) is 5.26 Å². The van der Waals surface area contributed by atoms with E-state index in [-0.39, 0.29) is 5.91 Å². The lowest BCUT2D eigenvalue weighted by molar-refractivity contribution is -0.116. The number of hydrogen-bond acceptors (Lipinski definition) is 4. The Morgan fingerprint density at radius 3 is 2.65 bits per heavy atom. The third-order valence-electron chi connectivity index (χ3n) is 5.06. The van der Waals surface area contributed by atoms with Crippen LogP contribution in [0.3, 0.4) is 0 Å². The van der Waals surface area contributed by atoms with E-state index in [1.54, 1.807) is 0 Å². The lowest BCUT2D eigenvalue weighted by Crippen LogP contribution is -2.12. The summed E-state index contributed by atoms with van der Waals surface area (Å²) in [4.78, 5) is 12.4. The molecule has 0 aliphatic heterocycles. The maximum Gasteiger partial charge on any atom is 0.224 e. The third-order valence-corrected chi connectivity index (χ3v) is 5.43. The molecule has 3 rings (SSSR count). The van der Waals surface area contributed by atoms with Crippen LogP contribution in [-0.2, 0) is 24.4 Å². The number of carbonyl (C=O) groups excluding carboxylic acids is 1. The van der Waals surface area contributed by atoms with Crippen molar-refractivity contribution in [3.63, 3.8) is 0 Å². The van der Waals surface area contributed by atoms with Crippen molar-refractivity contribution < 1.29 is 9.53 Å². The molecule has 0 bridgehead atoms. The number of halogens is 1. The Morgan fingerprint density at radius 1 is 1.19 bits per heavy atom. The van der Waals surface area contributed by atoms with E-state index < -0.39 is 0 Å². The molecule has 0 aliphatic rings. The molecule has 1 heterocycles. The van der Waals surface area contributed by atoms with Gasteiger partial charge < -0.3 is 10.1 Å². The number of anilines is 1. The van der Waals surface area contributed by atoms with Crippen molar-refractivity contribution in [2.75, 3.05) is 5.32 Å². The zero-order chi connectivity index (χ0) is 22.2. The fourth-order valence-corrected chi connectivity index (χ4v) is 3.53. The monoisotopic (exact) mass is 436 g/mol. The topological polar surface area (TPSA) is 79.9 Å². The highest BCUT2D eigenvalue weighted by Gasteiger charge is 2.13. The highest BCUT2D eigenvalue weighted by Crippen LogP contribution is 2.21. The highest BCUT2D eigenvalue weighted by atomic mass is 35.5. The van der Waals surface area contributed by atoms with E-state index in [0.29, 0.717) is 48.9 Å². The second kappa shape index (κ2) is 10.6. The fraction of sp³-hybridized carbons (Fsp3) is 0.292. The van der Waals surface area contributed by atoms with Gasteiger partial charge in [0.1, 0.15) is 12.4 Å². The zero-order valence-corrected chi connectivity index (χ0v) is 18.4. The molecule has 1 N–H and O–H groups in total. The van der Waals surface area contributed by atoms with Crippen LogP contribution >= 0.6 is 11.6 Å². The molecule has 0 unspecified atom stereocenters.